The minimum atomic E-state index is -0.855. The first-order valence-electron chi connectivity index (χ1n) is 30.3. The largest absolute Gasteiger partial charge is 0.462 e. The van der Waals surface area contributed by atoms with Crippen LogP contribution in [0.25, 0.3) is 0 Å². The second kappa shape index (κ2) is 61.8. The third-order valence-corrected chi connectivity index (χ3v) is 12.4. The SMILES string of the molecule is CC/C=C/C/C=C/C/C=C/C/C=C/C/C=C/C/C=C/CCC(=O)OC[C@@H](COC(=O)CCCCCCCCCCCCCCCCCCCCC)OC(=O)CC/C=C/C/C=C/C/C=C/C/C=C/C/C=C/C/C=C/CC. The maximum Gasteiger partial charge on any atom is 0.306 e. The van der Waals surface area contributed by atoms with E-state index in [-0.39, 0.29) is 38.0 Å². The summed E-state index contributed by atoms with van der Waals surface area (Å²) in [5.41, 5.74) is 0. The summed E-state index contributed by atoms with van der Waals surface area (Å²) >= 11 is 0. The first kappa shape index (κ1) is 70.3. The Morgan fingerprint density at radius 1 is 0.280 bits per heavy atom. The van der Waals surface area contributed by atoms with Gasteiger partial charge >= 0.3 is 17.9 Å². The van der Waals surface area contributed by atoms with E-state index in [9.17, 15) is 14.4 Å². The first-order chi connectivity index (χ1) is 37.0. The highest BCUT2D eigenvalue weighted by molar-refractivity contribution is 5.71. The molecule has 0 saturated heterocycles. The Hall–Kier alpha value is -4.71. The molecule has 0 spiro atoms. The van der Waals surface area contributed by atoms with Gasteiger partial charge < -0.3 is 14.2 Å². The van der Waals surface area contributed by atoms with Crippen LogP contribution in [-0.4, -0.2) is 37.2 Å². The van der Waals surface area contributed by atoms with Crippen LogP contribution in [0.1, 0.15) is 252 Å². The van der Waals surface area contributed by atoms with Gasteiger partial charge in [0.15, 0.2) is 6.10 Å². The Labute approximate surface area is 461 Å². The van der Waals surface area contributed by atoms with Gasteiger partial charge in [-0.3, -0.25) is 14.4 Å². The minimum absolute atomic E-state index is 0.135. The van der Waals surface area contributed by atoms with Crippen LogP contribution in [-0.2, 0) is 28.6 Å². The summed E-state index contributed by atoms with van der Waals surface area (Å²) in [6, 6.07) is 0. The molecule has 0 aromatic rings. The molecule has 0 aliphatic carbocycles. The van der Waals surface area contributed by atoms with Crippen LogP contribution in [0.3, 0.4) is 0 Å². The van der Waals surface area contributed by atoms with Gasteiger partial charge in [0.25, 0.3) is 0 Å². The lowest BCUT2D eigenvalue weighted by molar-refractivity contribution is -0.166. The van der Waals surface area contributed by atoms with Gasteiger partial charge in [-0.05, 0) is 96.3 Å². The molecule has 0 aromatic heterocycles. The molecule has 0 N–H and O–H groups in total. The van der Waals surface area contributed by atoms with E-state index in [1.54, 1.807) is 0 Å². The fourth-order valence-corrected chi connectivity index (χ4v) is 7.91. The Morgan fingerprint density at radius 2 is 0.520 bits per heavy atom. The number of hydrogen-bond donors (Lipinski definition) is 0. The van der Waals surface area contributed by atoms with Gasteiger partial charge in [-0.1, -0.05) is 282 Å². The molecule has 0 radical (unpaired) electrons. The van der Waals surface area contributed by atoms with E-state index in [4.69, 9.17) is 14.2 Å². The Bertz CT molecular complexity index is 1660. The van der Waals surface area contributed by atoms with Gasteiger partial charge in [-0.25, -0.2) is 0 Å². The number of ether oxygens (including phenoxy) is 3. The topological polar surface area (TPSA) is 78.9 Å². The van der Waals surface area contributed by atoms with Crippen molar-refractivity contribution in [1.82, 2.24) is 0 Å². The number of unbranched alkanes of at least 4 members (excludes halogenated alkanes) is 18. The van der Waals surface area contributed by atoms with Crippen molar-refractivity contribution < 1.29 is 28.6 Å². The number of rotatable bonds is 53. The molecule has 0 bridgehead atoms. The van der Waals surface area contributed by atoms with Crippen LogP contribution >= 0.6 is 0 Å². The van der Waals surface area contributed by atoms with Gasteiger partial charge in [0, 0.05) is 19.3 Å². The standard InChI is InChI=1S/C69H110O6/c1-4-7-10-13-16-19-22-25-28-31-34-37-40-43-46-49-52-55-58-61-67(70)73-64-66(75-69(72)63-60-57-54-51-48-45-42-39-36-33-30-27-24-21-18-15-12-9-6-3)65-74-68(71)62-59-56-53-50-47-44-41-38-35-32-29-26-23-20-17-14-11-8-5-2/h7,9-10,12,16,18-19,21,25,27-28,30,34,36-37,39,43,45-46,48,52,54-55,57,66H,4-6,8,11,13-15,17,20,22-24,26,29,31-33,35,38,40-42,44,47,49-51,53,56,58-65H2,1-3H3/b10-7+,12-9+,19-16+,21-18+,28-25+,30-27+,37-34+,39-36+,46-43+,48-45+,55-52+,57-54+/t66-/m0/s1. The molecule has 1 atom stereocenters. The highest BCUT2D eigenvalue weighted by Gasteiger charge is 2.19. The zero-order valence-electron chi connectivity index (χ0n) is 48.3. The van der Waals surface area contributed by atoms with Crippen LogP contribution in [0, 0.1) is 0 Å². The van der Waals surface area contributed by atoms with E-state index in [0.717, 1.165) is 96.3 Å². The summed E-state index contributed by atoms with van der Waals surface area (Å²) in [6.45, 7) is 6.29. The normalized spacial score (nSPS) is 13.2. The molecular formula is C69H110O6. The predicted octanol–water partition coefficient (Wildman–Crippen LogP) is 20.8. The third kappa shape index (κ3) is 60.0. The number of esters is 3. The van der Waals surface area contributed by atoms with Crippen LogP contribution in [0.5, 0.6) is 0 Å². The zero-order chi connectivity index (χ0) is 54.3. The molecule has 0 rings (SSSR count). The second-order valence-corrected chi connectivity index (χ2v) is 19.5. The average Bonchev–Trinajstić information content (AvgIpc) is 3.41. The van der Waals surface area contributed by atoms with Gasteiger partial charge in [-0.2, -0.15) is 0 Å². The molecule has 0 heterocycles. The molecule has 75 heavy (non-hydrogen) atoms. The van der Waals surface area contributed by atoms with Crippen molar-refractivity contribution in [3.8, 4) is 0 Å². The molecule has 6 heteroatoms. The molecule has 0 saturated carbocycles. The maximum absolute atomic E-state index is 12.9. The molecule has 0 aliphatic heterocycles. The van der Waals surface area contributed by atoms with E-state index in [2.05, 4.69) is 142 Å². The summed E-state index contributed by atoms with van der Waals surface area (Å²) in [5.74, 6) is -1.11. The number of allylic oxidation sites excluding steroid dienone is 24. The highest BCUT2D eigenvalue weighted by atomic mass is 16.6. The fraction of sp³-hybridized carbons (Fsp3) is 0.609. The molecule has 0 fully saturated rings. The quantitative estimate of drug-likeness (QED) is 0.0261. The molecule has 6 nitrogen and oxygen atoms in total. The summed E-state index contributed by atoms with van der Waals surface area (Å²) in [4.78, 5) is 38.2. The van der Waals surface area contributed by atoms with Crippen LogP contribution in [0.15, 0.2) is 146 Å². The van der Waals surface area contributed by atoms with Crippen molar-refractivity contribution in [3.05, 3.63) is 146 Å². The lowest BCUT2D eigenvalue weighted by Gasteiger charge is -2.18. The van der Waals surface area contributed by atoms with Gasteiger partial charge in [0.1, 0.15) is 13.2 Å². The van der Waals surface area contributed by atoms with E-state index in [1.165, 1.54) is 103 Å². The molecule has 0 aromatic carbocycles. The Morgan fingerprint density at radius 3 is 0.813 bits per heavy atom. The van der Waals surface area contributed by atoms with Gasteiger partial charge in [-0.15, -0.1) is 0 Å². The zero-order valence-corrected chi connectivity index (χ0v) is 48.3. The maximum atomic E-state index is 12.9. The van der Waals surface area contributed by atoms with E-state index >= 15 is 0 Å². The average molecular weight is 1040 g/mol. The molecule has 0 unspecified atom stereocenters. The van der Waals surface area contributed by atoms with Crippen molar-refractivity contribution in [1.29, 1.82) is 0 Å². The van der Waals surface area contributed by atoms with E-state index in [0.29, 0.717) is 19.3 Å². The Balaban J connectivity index is 4.60. The predicted molar refractivity (Wildman–Crippen MR) is 325 cm³/mol. The number of hydrogen-bond acceptors (Lipinski definition) is 6. The van der Waals surface area contributed by atoms with Crippen molar-refractivity contribution >= 4 is 17.9 Å². The minimum Gasteiger partial charge on any atom is -0.462 e. The van der Waals surface area contributed by atoms with Crippen molar-refractivity contribution in [2.45, 2.75) is 258 Å². The molecule has 0 amide bonds. The Kier molecular flexibility index (Phi) is 58.0. The van der Waals surface area contributed by atoms with Crippen LogP contribution < -0.4 is 0 Å². The monoisotopic (exact) mass is 1030 g/mol. The van der Waals surface area contributed by atoms with Crippen molar-refractivity contribution in [3.63, 3.8) is 0 Å². The van der Waals surface area contributed by atoms with E-state index < -0.39 is 12.1 Å². The van der Waals surface area contributed by atoms with Crippen molar-refractivity contribution in [2.24, 2.45) is 0 Å². The van der Waals surface area contributed by atoms with Crippen LogP contribution in [0.4, 0.5) is 0 Å². The number of carbonyl (C=O) groups is 3. The summed E-state index contributed by atoms with van der Waals surface area (Å²) in [5, 5.41) is 0. The molecular weight excluding hydrogens is 925 g/mol. The summed E-state index contributed by atoms with van der Waals surface area (Å²) < 4.78 is 16.8. The molecule has 422 valence electrons. The fourth-order valence-electron chi connectivity index (χ4n) is 7.91. The lowest BCUT2D eigenvalue weighted by Crippen LogP contribution is -2.30. The smallest absolute Gasteiger partial charge is 0.306 e. The van der Waals surface area contributed by atoms with E-state index in [1.807, 2.05) is 24.3 Å². The van der Waals surface area contributed by atoms with Crippen LogP contribution in [0.2, 0.25) is 0 Å². The number of carbonyl (C=O) groups excluding carboxylic acids is 3. The second-order valence-electron chi connectivity index (χ2n) is 19.5. The lowest BCUT2D eigenvalue weighted by atomic mass is 10.0. The third-order valence-electron chi connectivity index (χ3n) is 12.4. The van der Waals surface area contributed by atoms with Gasteiger partial charge in [0.2, 0.25) is 0 Å². The first-order valence-corrected chi connectivity index (χ1v) is 30.3. The van der Waals surface area contributed by atoms with Crippen molar-refractivity contribution in [2.75, 3.05) is 13.2 Å². The molecule has 0 aliphatic rings. The summed E-state index contributed by atoms with van der Waals surface area (Å²) in [6.07, 6.45) is 88.7. The highest BCUT2D eigenvalue weighted by Crippen LogP contribution is 2.15. The van der Waals surface area contributed by atoms with Gasteiger partial charge in [0.05, 0.1) is 0 Å². The summed E-state index contributed by atoms with van der Waals surface area (Å²) in [7, 11) is 0.